The van der Waals surface area contributed by atoms with Crippen molar-refractivity contribution in [2.24, 2.45) is 0 Å². The van der Waals surface area contributed by atoms with Gasteiger partial charge in [-0.1, -0.05) is 72.8 Å². The Morgan fingerprint density at radius 1 is 0.488 bits per heavy atom. The van der Waals surface area contributed by atoms with E-state index in [0.717, 1.165) is 67.2 Å². The number of hydrogen-bond acceptors (Lipinski definition) is 4. The molecule has 0 bridgehead atoms. The van der Waals surface area contributed by atoms with E-state index in [-0.39, 0.29) is 5.92 Å². The van der Waals surface area contributed by atoms with E-state index in [1.165, 1.54) is 16.3 Å². The molecule has 1 heterocycles. The van der Waals surface area contributed by atoms with Crippen molar-refractivity contribution in [3.8, 4) is 22.3 Å². The molecule has 43 heavy (non-hydrogen) atoms. The van der Waals surface area contributed by atoms with E-state index in [0.29, 0.717) is 6.42 Å². The number of para-hydroxylation sites is 2. The number of aromatic nitrogens is 1. The lowest BCUT2D eigenvalue weighted by molar-refractivity contribution is 0.814. The molecule has 5 nitrogen and oxygen atoms in total. The van der Waals surface area contributed by atoms with E-state index in [1.54, 1.807) is 0 Å². The van der Waals surface area contributed by atoms with Crippen molar-refractivity contribution in [2.45, 2.75) is 12.3 Å². The van der Waals surface area contributed by atoms with E-state index < -0.39 is 0 Å². The Hall–Kier alpha value is -5.68. The summed E-state index contributed by atoms with van der Waals surface area (Å²) < 4.78 is 0. The predicted molar refractivity (Wildman–Crippen MR) is 183 cm³/mol. The molecule has 7 rings (SSSR count). The van der Waals surface area contributed by atoms with E-state index in [2.05, 4.69) is 71.7 Å². The summed E-state index contributed by atoms with van der Waals surface area (Å²) in [5.74, 6) is -0.112. The standard InChI is InChI=1S/C38H33N5/c39-28-14-8-23(9-15-28)25-12-18-35(41)33(20-25)32(34-21-26(13-19-36(34)42)24-10-16-29(40)17-11-24)22-27-4-3-6-31-30-5-1-2-7-37(30)43-38(27)31/h1-21,32,43H,22,39-42H2. The van der Waals surface area contributed by atoms with Gasteiger partial charge < -0.3 is 27.9 Å². The molecular formula is C38H33N5. The van der Waals surface area contributed by atoms with Gasteiger partial charge in [0.25, 0.3) is 0 Å². The molecule has 1 aromatic heterocycles. The van der Waals surface area contributed by atoms with Crippen LogP contribution in [0.5, 0.6) is 0 Å². The lowest BCUT2D eigenvalue weighted by Gasteiger charge is -2.24. The highest BCUT2D eigenvalue weighted by Crippen LogP contribution is 2.41. The average Bonchev–Trinajstić information content (AvgIpc) is 3.41. The summed E-state index contributed by atoms with van der Waals surface area (Å²) >= 11 is 0. The molecule has 0 saturated carbocycles. The molecule has 0 aliphatic heterocycles. The van der Waals surface area contributed by atoms with Gasteiger partial charge in [-0.15, -0.1) is 0 Å². The Morgan fingerprint density at radius 3 is 1.58 bits per heavy atom. The van der Waals surface area contributed by atoms with Gasteiger partial charge in [-0.25, -0.2) is 0 Å². The Kier molecular flexibility index (Phi) is 6.48. The van der Waals surface area contributed by atoms with Crippen LogP contribution in [0.25, 0.3) is 44.1 Å². The van der Waals surface area contributed by atoms with Crippen LogP contribution < -0.4 is 22.9 Å². The van der Waals surface area contributed by atoms with Crippen molar-refractivity contribution in [2.75, 3.05) is 22.9 Å². The molecule has 210 valence electrons. The number of nitrogens with one attached hydrogen (secondary N) is 1. The first-order valence-corrected chi connectivity index (χ1v) is 14.4. The quantitative estimate of drug-likeness (QED) is 0.131. The summed E-state index contributed by atoms with van der Waals surface area (Å²) in [4.78, 5) is 3.68. The molecular weight excluding hydrogens is 526 g/mol. The third-order valence-corrected chi connectivity index (χ3v) is 8.46. The van der Waals surface area contributed by atoms with Crippen LogP contribution in [0.15, 0.2) is 127 Å². The predicted octanol–water partition coefficient (Wildman–Crippen LogP) is 8.36. The number of aromatic amines is 1. The number of fused-ring (bicyclic) bond motifs is 3. The molecule has 0 atom stereocenters. The number of nitrogen functional groups attached to an aromatic ring is 4. The fourth-order valence-corrected chi connectivity index (χ4v) is 6.17. The highest BCUT2D eigenvalue weighted by molar-refractivity contribution is 6.08. The number of nitrogens with two attached hydrogens (primary N) is 4. The molecule has 6 aromatic carbocycles. The monoisotopic (exact) mass is 559 g/mol. The third-order valence-electron chi connectivity index (χ3n) is 8.46. The molecule has 0 aliphatic rings. The maximum Gasteiger partial charge on any atom is 0.0497 e. The van der Waals surface area contributed by atoms with E-state index in [1.807, 2.05) is 60.7 Å². The number of hydrogen-bond donors (Lipinski definition) is 5. The van der Waals surface area contributed by atoms with Gasteiger partial charge in [0.2, 0.25) is 0 Å². The molecule has 0 unspecified atom stereocenters. The first-order chi connectivity index (χ1) is 20.9. The maximum absolute atomic E-state index is 6.79. The van der Waals surface area contributed by atoms with Crippen LogP contribution in [-0.4, -0.2) is 4.98 Å². The molecule has 0 fully saturated rings. The molecule has 0 saturated heterocycles. The zero-order valence-corrected chi connectivity index (χ0v) is 23.7. The second kappa shape index (κ2) is 10.6. The summed E-state index contributed by atoms with van der Waals surface area (Å²) in [7, 11) is 0. The van der Waals surface area contributed by atoms with Crippen molar-refractivity contribution in [3.63, 3.8) is 0 Å². The number of H-pyrrole nitrogens is 1. The van der Waals surface area contributed by atoms with Gasteiger partial charge in [-0.05, 0) is 100.0 Å². The first-order valence-electron chi connectivity index (χ1n) is 14.4. The largest absolute Gasteiger partial charge is 0.399 e. The first kappa shape index (κ1) is 26.2. The van der Waals surface area contributed by atoms with Gasteiger partial charge in [0.05, 0.1) is 0 Å². The minimum Gasteiger partial charge on any atom is -0.399 e. The van der Waals surface area contributed by atoms with Crippen molar-refractivity contribution in [1.29, 1.82) is 0 Å². The van der Waals surface area contributed by atoms with Crippen LogP contribution in [0.3, 0.4) is 0 Å². The van der Waals surface area contributed by atoms with Gasteiger partial charge in [0, 0.05) is 50.5 Å². The van der Waals surface area contributed by atoms with Gasteiger partial charge in [0.1, 0.15) is 0 Å². The smallest absolute Gasteiger partial charge is 0.0497 e. The molecule has 0 radical (unpaired) electrons. The second-order valence-electron chi connectivity index (χ2n) is 11.2. The Bertz CT molecular complexity index is 1990. The van der Waals surface area contributed by atoms with Crippen molar-refractivity contribution < 1.29 is 0 Å². The van der Waals surface area contributed by atoms with Gasteiger partial charge in [-0.3, -0.25) is 0 Å². The highest BCUT2D eigenvalue weighted by Gasteiger charge is 2.23. The Balaban J connectivity index is 1.42. The highest BCUT2D eigenvalue weighted by atomic mass is 14.7. The molecule has 0 aliphatic carbocycles. The zero-order chi connectivity index (χ0) is 29.5. The molecule has 7 aromatic rings. The van der Waals surface area contributed by atoms with Crippen LogP contribution in [0.4, 0.5) is 22.7 Å². The topological polar surface area (TPSA) is 120 Å². The van der Waals surface area contributed by atoms with Gasteiger partial charge in [0.15, 0.2) is 0 Å². The molecule has 5 heteroatoms. The molecule has 0 amide bonds. The van der Waals surface area contributed by atoms with E-state index in [9.17, 15) is 0 Å². The summed E-state index contributed by atoms with van der Waals surface area (Å²) in [5, 5.41) is 2.42. The summed E-state index contributed by atoms with van der Waals surface area (Å²) in [6.45, 7) is 0. The normalized spacial score (nSPS) is 11.5. The Morgan fingerprint density at radius 2 is 1.00 bits per heavy atom. The summed E-state index contributed by atoms with van der Waals surface area (Å²) in [6, 6.07) is 43.3. The maximum atomic E-state index is 6.79. The fraction of sp³-hybridized carbons (Fsp3) is 0.0526. The third kappa shape index (κ3) is 4.91. The van der Waals surface area contributed by atoms with Crippen molar-refractivity contribution in [1.82, 2.24) is 4.98 Å². The number of rotatable bonds is 6. The lowest BCUT2D eigenvalue weighted by Crippen LogP contribution is -2.11. The SMILES string of the molecule is Nc1ccc(-c2ccc(N)c(C(Cc3cccc4c3[nH]c3ccccc34)c3cc(-c4ccc(N)cc4)ccc3N)c2)cc1. The van der Waals surface area contributed by atoms with Gasteiger partial charge >= 0.3 is 0 Å². The zero-order valence-electron chi connectivity index (χ0n) is 23.7. The minimum absolute atomic E-state index is 0.112. The van der Waals surface area contributed by atoms with Crippen LogP contribution in [-0.2, 0) is 6.42 Å². The number of anilines is 4. The molecule has 0 spiro atoms. The summed E-state index contributed by atoms with van der Waals surface area (Å²) in [6.07, 6.45) is 0.703. The summed E-state index contributed by atoms with van der Waals surface area (Å²) in [5.41, 5.74) is 38.3. The number of benzene rings is 6. The van der Waals surface area contributed by atoms with Crippen LogP contribution in [0, 0.1) is 0 Å². The Labute approximate surface area is 250 Å². The molecule has 9 N–H and O–H groups in total. The van der Waals surface area contributed by atoms with Crippen LogP contribution in [0.2, 0.25) is 0 Å². The van der Waals surface area contributed by atoms with Crippen molar-refractivity contribution >= 4 is 44.6 Å². The van der Waals surface area contributed by atoms with Crippen LogP contribution in [0.1, 0.15) is 22.6 Å². The van der Waals surface area contributed by atoms with E-state index in [4.69, 9.17) is 22.9 Å². The van der Waals surface area contributed by atoms with E-state index >= 15 is 0 Å². The average molecular weight is 560 g/mol. The van der Waals surface area contributed by atoms with Gasteiger partial charge in [-0.2, -0.15) is 0 Å². The second-order valence-corrected chi connectivity index (χ2v) is 11.2. The fourth-order valence-electron chi connectivity index (χ4n) is 6.17. The van der Waals surface area contributed by atoms with Crippen LogP contribution >= 0.6 is 0 Å². The minimum atomic E-state index is -0.112. The van der Waals surface area contributed by atoms with Crippen molar-refractivity contribution in [3.05, 3.63) is 144 Å². The lowest BCUT2D eigenvalue weighted by atomic mass is 9.81.